The highest BCUT2D eigenvalue weighted by Gasteiger charge is 2.72. The first kappa shape index (κ1) is 51.3. The Morgan fingerprint density at radius 3 is 1.82 bits per heavy atom. The van der Waals surface area contributed by atoms with E-state index in [-0.39, 0.29) is 35.2 Å². The molecule has 3 aliphatic heterocycles. The van der Waals surface area contributed by atoms with Crippen molar-refractivity contribution in [2.75, 3.05) is 26.4 Å². The second kappa shape index (κ2) is 17.9. The molecule has 380 valence electrons. The molecule has 25 atom stereocenters. The van der Waals surface area contributed by atoms with Gasteiger partial charge in [0.05, 0.1) is 56.3 Å². The van der Waals surface area contributed by atoms with Gasteiger partial charge in [-0.2, -0.15) is 0 Å². The lowest BCUT2D eigenvalue weighted by atomic mass is 9.33. The molecule has 4 saturated carbocycles. The second-order valence-electron chi connectivity index (χ2n) is 23.4. The van der Waals surface area contributed by atoms with Crippen LogP contribution < -0.4 is 0 Å². The van der Waals surface area contributed by atoms with Crippen LogP contribution in [0.1, 0.15) is 93.4 Å². The number of hydrogen-bond acceptors (Lipinski definition) is 19. The van der Waals surface area contributed by atoms with Gasteiger partial charge in [0.25, 0.3) is 0 Å². The van der Waals surface area contributed by atoms with Crippen molar-refractivity contribution < 1.29 is 94.8 Å². The maximum absolute atomic E-state index is 12.1. The first-order chi connectivity index (χ1) is 30.7. The molecule has 3 heterocycles. The fraction of sp³-hybridized carbons (Fsp3) is 0.957. The fourth-order valence-corrected chi connectivity index (χ4v) is 14.9. The number of fused-ring (bicyclic) bond motifs is 7. The lowest BCUT2D eigenvalue weighted by Crippen LogP contribution is -2.71. The summed E-state index contributed by atoms with van der Waals surface area (Å²) < 4.78 is 35.0. The van der Waals surface area contributed by atoms with E-state index in [1.807, 2.05) is 13.8 Å². The molecular weight excluding hydrogens is 868 g/mol. The molecule has 7 fully saturated rings. The van der Waals surface area contributed by atoms with E-state index in [4.69, 9.17) is 28.4 Å². The van der Waals surface area contributed by atoms with E-state index in [2.05, 4.69) is 40.7 Å². The third kappa shape index (κ3) is 7.72. The Hall–Kier alpha value is -1.02. The van der Waals surface area contributed by atoms with Crippen LogP contribution in [0.25, 0.3) is 0 Å². The maximum atomic E-state index is 12.1. The van der Waals surface area contributed by atoms with Gasteiger partial charge in [-0.05, 0) is 89.8 Å². The molecule has 13 N–H and O–H groups in total. The number of aliphatic hydroxyl groups excluding tert-OH is 13. The van der Waals surface area contributed by atoms with Crippen molar-refractivity contribution in [2.24, 2.45) is 50.2 Å². The zero-order valence-electron chi connectivity index (χ0n) is 39.2. The molecule has 0 bridgehead atoms. The molecule has 0 aromatic heterocycles. The third-order valence-corrected chi connectivity index (χ3v) is 19.3. The standard InChI is InChI=1S/C47H78O19/c1-42(2)14-21-20-8-9-26-44(5)12-11-28(43(3,4)25(44)10-13-45(26,6)46(20,7)15-27(50)47(21,19-48)38(60)37(42)59)66-41-36(58)33(55)31(53)24(65-41)18-63-40-35(57)32(54)30(52)23(64-40)17-62-39-34(56)29(51)22(49)16-61-39/h8,21-41,48-60H,9-19H2,1-7H3/t21-,22+,23+,24+,25-,26+,27-,28-,29-,30+,31+,32-,33-,34+,35+,36+,37-,38-,39-,40+,41-,44-,45+,46+,47-/m0/s1. The minimum Gasteiger partial charge on any atom is -0.396 e. The Labute approximate surface area is 386 Å². The van der Waals surface area contributed by atoms with Gasteiger partial charge in [-0.25, -0.2) is 0 Å². The van der Waals surface area contributed by atoms with Crippen LogP contribution in [0.2, 0.25) is 0 Å². The van der Waals surface area contributed by atoms with Gasteiger partial charge in [0, 0.05) is 0 Å². The smallest absolute Gasteiger partial charge is 0.186 e. The number of allylic oxidation sites excluding steroid dienone is 2. The Morgan fingerprint density at radius 2 is 1.20 bits per heavy atom. The summed E-state index contributed by atoms with van der Waals surface area (Å²) in [6.45, 7) is 13.3. The van der Waals surface area contributed by atoms with E-state index in [0.717, 1.165) is 25.7 Å². The molecule has 8 aliphatic rings. The van der Waals surface area contributed by atoms with Crippen molar-refractivity contribution in [1.82, 2.24) is 0 Å². The normalized spacial score (nSPS) is 55.7. The van der Waals surface area contributed by atoms with Crippen LogP contribution in [0.3, 0.4) is 0 Å². The average Bonchev–Trinajstić information content (AvgIpc) is 3.25. The minimum atomic E-state index is -1.79. The molecular formula is C47H78O19. The van der Waals surface area contributed by atoms with Crippen molar-refractivity contribution in [2.45, 2.75) is 204 Å². The predicted molar refractivity (Wildman–Crippen MR) is 228 cm³/mol. The van der Waals surface area contributed by atoms with E-state index in [0.29, 0.717) is 19.3 Å². The van der Waals surface area contributed by atoms with Crippen LogP contribution in [0.5, 0.6) is 0 Å². The molecule has 3 saturated heterocycles. The van der Waals surface area contributed by atoms with Crippen LogP contribution in [-0.2, 0) is 28.4 Å². The summed E-state index contributed by atoms with van der Waals surface area (Å²) in [5.74, 6) is 0.0200. The van der Waals surface area contributed by atoms with E-state index >= 15 is 0 Å². The van der Waals surface area contributed by atoms with Crippen molar-refractivity contribution in [3.8, 4) is 0 Å². The maximum Gasteiger partial charge on any atom is 0.186 e. The van der Waals surface area contributed by atoms with E-state index in [1.54, 1.807) is 0 Å². The summed E-state index contributed by atoms with van der Waals surface area (Å²) in [6, 6.07) is 0. The third-order valence-electron chi connectivity index (χ3n) is 19.3. The Balaban J connectivity index is 0.946. The zero-order valence-corrected chi connectivity index (χ0v) is 39.2. The highest BCUT2D eigenvalue weighted by Crippen LogP contribution is 2.76. The van der Waals surface area contributed by atoms with E-state index in [1.165, 1.54) is 5.57 Å². The van der Waals surface area contributed by atoms with E-state index in [9.17, 15) is 66.4 Å². The summed E-state index contributed by atoms with van der Waals surface area (Å²) in [6.07, 6.45) is -18.8. The van der Waals surface area contributed by atoms with Gasteiger partial charge in [0.1, 0.15) is 67.1 Å². The molecule has 0 radical (unpaired) electrons. The van der Waals surface area contributed by atoms with Gasteiger partial charge in [-0.1, -0.05) is 60.1 Å². The zero-order chi connectivity index (χ0) is 48.4. The lowest BCUT2D eigenvalue weighted by molar-refractivity contribution is -0.348. The van der Waals surface area contributed by atoms with Crippen LogP contribution in [-0.4, -0.2) is 203 Å². The molecule has 0 aromatic rings. The number of rotatable bonds is 9. The molecule has 0 amide bonds. The second-order valence-corrected chi connectivity index (χ2v) is 23.4. The van der Waals surface area contributed by atoms with Gasteiger partial charge in [0.2, 0.25) is 0 Å². The van der Waals surface area contributed by atoms with Crippen molar-refractivity contribution in [3.63, 3.8) is 0 Å². The predicted octanol–water partition coefficient (Wildman–Crippen LogP) is -1.83. The number of ether oxygens (including phenoxy) is 6. The van der Waals surface area contributed by atoms with Crippen molar-refractivity contribution in [1.29, 1.82) is 0 Å². The molecule has 19 heteroatoms. The number of aliphatic hydroxyl groups is 13. The number of hydrogen-bond donors (Lipinski definition) is 13. The topological polar surface area (TPSA) is 318 Å². The Morgan fingerprint density at radius 1 is 0.621 bits per heavy atom. The molecule has 66 heavy (non-hydrogen) atoms. The van der Waals surface area contributed by atoms with Gasteiger partial charge in [-0.15, -0.1) is 0 Å². The Bertz CT molecular complexity index is 1770. The summed E-state index contributed by atoms with van der Waals surface area (Å²) in [7, 11) is 0. The summed E-state index contributed by atoms with van der Waals surface area (Å²) in [5, 5.41) is 141. The lowest BCUT2D eigenvalue weighted by Gasteiger charge is -2.72. The quantitative estimate of drug-likeness (QED) is 0.0893. The van der Waals surface area contributed by atoms with Crippen molar-refractivity contribution >= 4 is 0 Å². The first-order valence-corrected chi connectivity index (χ1v) is 24.0. The van der Waals surface area contributed by atoms with E-state index < -0.39 is 152 Å². The molecule has 19 nitrogen and oxygen atoms in total. The molecule has 0 unspecified atom stereocenters. The van der Waals surface area contributed by atoms with Gasteiger partial charge < -0.3 is 94.8 Å². The highest BCUT2D eigenvalue weighted by molar-refractivity contribution is 5.36. The van der Waals surface area contributed by atoms with Crippen LogP contribution >= 0.6 is 0 Å². The monoisotopic (exact) mass is 947 g/mol. The molecule has 0 aromatic carbocycles. The van der Waals surface area contributed by atoms with Gasteiger partial charge >= 0.3 is 0 Å². The fourth-order valence-electron chi connectivity index (χ4n) is 14.9. The molecule has 0 spiro atoms. The molecule has 8 rings (SSSR count). The van der Waals surface area contributed by atoms with Gasteiger partial charge in [0.15, 0.2) is 18.9 Å². The van der Waals surface area contributed by atoms with Gasteiger partial charge in [-0.3, -0.25) is 0 Å². The van der Waals surface area contributed by atoms with Crippen LogP contribution in [0.4, 0.5) is 0 Å². The minimum absolute atomic E-state index is 0.139. The summed E-state index contributed by atoms with van der Waals surface area (Å²) in [4.78, 5) is 0. The highest BCUT2D eigenvalue weighted by atomic mass is 16.7. The molecule has 5 aliphatic carbocycles. The van der Waals surface area contributed by atoms with Crippen LogP contribution in [0, 0.1) is 50.2 Å². The van der Waals surface area contributed by atoms with Crippen molar-refractivity contribution in [3.05, 3.63) is 11.6 Å². The first-order valence-electron chi connectivity index (χ1n) is 24.0. The average molecular weight is 947 g/mol. The van der Waals surface area contributed by atoms with Crippen LogP contribution in [0.15, 0.2) is 11.6 Å². The largest absolute Gasteiger partial charge is 0.396 e. The summed E-state index contributed by atoms with van der Waals surface area (Å²) in [5.41, 5.74) is -2.12. The Kier molecular flexibility index (Phi) is 13.9. The summed E-state index contributed by atoms with van der Waals surface area (Å²) >= 11 is 0. The SMILES string of the molecule is CC1(C)C[C@H]2C3=CC[C@@H]4[C@@]5(C)CC[C@H](O[C@@H]6O[C@H](CO[C@@H]7O[C@H](CO[C@@H]8OC[C@@H](O)[C@H](O)[C@H]8O)[C@@H](O)[C@H](O)[C@H]7O)[C@@H](O)[C@H](O)[C@H]6O)C(C)(C)[C@@H]5CC[C@@]4(C)[C@]3(C)C[C@H](O)[C@@]2(CO)[C@@H](O)[C@@H]1O.